The van der Waals surface area contributed by atoms with E-state index in [-0.39, 0.29) is 10.2 Å². The zero-order chi connectivity index (χ0) is 13.6. The first-order valence-corrected chi connectivity index (χ1v) is 6.94. The summed E-state index contributed by atoms with van der Waals surface area (Å²) in [7, 11) is 0. The lowest BCUT2D eigenvalue weighted by atomic mass is 10.0. The van der Waals surface area contributed by atoms with Gasteiger partial charge < -0.3 is 10.2 Å². The van der Waals surface area contributed by atoms with Crippen molar-refractivity contribution in [3.05, 3.63) is 32.5 Å². The van der Waals surface area contributed by atoms with E-state index in [4.69, 9.17) is 0 Å². The minimum absolute atomic E-state index is 0.159. The summed E-state index contributed by atoms with van der Waals surface area (Å²) >= 11 is 3.10. The Balaban J connectivity index is 1.96. The number of nitro benzene ring substituents is 1. The molecule has 0 aromatic heterocycles. The van der Waals surface area contributed by atoms with Crippen LogP contribution in [0.3, 0.4) is 0 Å². The van der Waals surface area contributed by atoms with E-state index >= 15 is 0 Å². The SMILES string of the molecule is O=[N+]([O-])c1cc(F)c(Br)cc1N1CC2CNCC2C1. The fourth-order valence-electron chi connectivity index (χ4n) is 2.98. The van der Waals surface area contributed by atoms with Gasteiger partial charge in [-0.05, 0) is 33.8 Å². The fourth-order valence-corrected chi connectivity index (χ4v) is 3.31. The van der Waals surface area contributed by atoms with E-state index in [2.05, 4.69) is 21.2 Å². The topological polar surface area (TPSA) is 58.4 Å². The maximum Gasteiger partial charge on any atom is 0.295 e. The maximum absolute atomic E-state index is 13.5. The molecule has 1 aromatic rings. The number of hydrogen-bond donors (Lipinski definition) is 1. The first-order valence-electron chi connectivity index (χ1n) is 6.15. The number of halogens is 2. The Labute approximate surface area is 118 Å². The van der Waals surface area contributed by atoms with Crippen LogP contribution in [0, 0.1) is 27.8 Å². The van der Waals surface area contributed by atoms with Crippen LogP contribution >= 0.6 is 15.9 Å². The molecule has 2 fully saturated rings. The Morgan fingerprint density at radius 3 is 2.58 bits per heavy atom. The van der Waals surface area contributed by atoms with Gasteiger partial charge in [0.1, 0.15) is 11.5 Å². The molecule has 2 atom stereocenters. The summed E-state index contributed by atoms with van der Waals surface area (Å²) in [6, 6.07) is 2.51. The Kier molecular flexibility index (Phi) is 3.18. The van der Waals surface area contributed by atoms with Gasteiger partial charge in [-0.3, -0.25) is 10.1 Å². The van der Waals surface area contributed by atoms with Crippen LogP contribution in [-0.4, -0.2) is 31.1 Å². The van der Waals surface area contributed by atoms with Crippen molar-refractivity contribution in [2.45, 2.75) is 0 Å². The van der Waals surface area contributed by atoms with Crippen molar-refractivity contribution in [2.24, 2.45) is 11.8 Å². The third-order valence-corrected chi connectivity index (χ3v) is 4.55. The monoisotopic (exact) mass is 329 g/mol. The van der Waals surface area contributed by atoms with Crippen molar-refractivity contribution in [3.63, 3.8) is 0 Å². The highest BCUT2D eigenvalue weighted by atomic mass is 79.9. The highest BCUT2D eigenvalue weighted by molar-refractivity contribution is 9.10. The van der Waals surface area contributed by atoms with Gasteiger partial charge in [0.25, 0.3) is 5.69 Å². The summed E-state index contributed by atoms with van der Waals surface area (Å²) in [6.07, 6.45) is 0. The van der Waals surface area contributed by atoms with Crippen LogP contribution in [-0.2, 0) is 0 Å². The zero-order valence-electron chi connectivity index (χ0n) is 10.1. The average Bonchev–Trinajstić information content (AvgIpc) is 2.92. The van der Waals surface area contributed by atoms with Crippen LogP contribution in [0.5, 0.6) is 0 Å². The Morgan fingerprint density at radius 2 is 2.00 bits per heavy atom. The smallest absolute Gasteiger partial charge is 0.295 e. The van der Waals surface area contributed by atoms with Gasteiger partial charge in [-0.15, -0.1) is 0 Å². The molecule has 3 rings (SSSR count). The van der Waals surface area contributed by atoms with E-state index in [1.807, 2.05) is 4.90 Å². The number of anilines is 1. The zero-order valence-corrected chi connectivity index (χ0v) is 11.7. The molecule has 1 aromatic carbocycles. The van der Waals surface area contributed by atoms with Crippen LogP contribution in [0.15, 0.2) is 16.6 Å². The molecule has 2 aliphatic heterocycles. The number of nitro groups is 1. The number of rotatable bonds is 2. The van der Waals surface area contributed by atoms with E-state index in [1.165, 1.54) is 6.07 Å². The Morgan fingerprint density at radius 1 is 1.37 bits per heavy atom. The molecule has 0 radical (unpaired) electrons. The molecule has 0 aliphatic carbocycles. The Bertz CT molecular complexity index is 528. The van der Waals surface area contributed by atoms with Gasteiger partial charge in [-0.1, -0.05) is 0 Å². The van der Waals surface area contributed by atoms with E-state index in [0.717, 1.165) is 32.2 Å². The van der Waals surface area contributed by atoms with Gasteiger partial charge in [0, 0.05) is 26.2 Å². The summed E-state index contributed by atoms with van der Waals surface area (Å²) in [6.45, 7) is 3.49. The van der Waals surface area contributed by atoms with E-state index in [0.29, 0.717) is 17.5 Å². The van der Waals surface area contributed by atoms with Gasteiger partial charge in [0.2, 0.25) is 0 Å². The second-order valence-corrected chi connectivity index (χ2v) is 5.95. The van der Waals surface area contributed by atoms with Crippen LogP contribution in [0.2, 0.25) is 0 Å². The first-order chi connectivity index (χ1) is 9.06. The van der Waals surface area contributed by atoms with Crippen molar-refractivity contribution in [1.82, 2.24) is 5.32 Å². The quantitative estimate of drug-likeness (QED) is 0.667. The molecule has 5 nitrogen and oxygen atoms in total. The van der Waals surface area contributed by atoms with Crippen molar-refractivity contribution in [2.75, 3.05) is 31.1 Å². The summed E-state index contributed by atoms with van der Waals surface area (Å²) in [4.78, 5) is 12.6. The van der Waals surface area contributed by atoms with Crippen LogP contribution in [0.4, 0.5) is 15.8 Å². The standard InChI is InChI=1S/C12H13BrFN3O2/c13-9-1-11(12(17(18)19)2-10(9)14)16-5-7-3-15-4-8(7)6-16/h1-2,7-8,15H,3-6H2. The van der Waals surface area contributed by atoms with Crippen LogP contribution < -0.4 is 10.2 Å². The summed E-state index contributed by atoms with van der Waals surface area (Å²) in [5.41, 5.74) is 0.348. The molecule has 1 N–H and O–H groups in total. The van der Waals surface area contributed by atoms with E-state index in [1.54, 1.807) is 0 Å². The average molecular weight is 330 g/mol. The molecule has 2 unspecified atom stereocenters. The third kappa shape index (κ3) is 2.21. The lowest BCUT2D eigenvalue weighted by Crippen LogP contribution is -2.26. The van der Waals surface area contributed by atoms with Gasteiger partial charge >= 0.3 is 0 Å². The molecule has 2 heterocycles. The highest BCUT2D eigenvalue weighted by Crippen LogP contribution is 2.38. The highest BCUT2D eigenvalue weighted by Gasteiger charge is 2.38. The van der Waals surface area contributed by atoms with Crippen molar-refractivity contribution in [1.29, 1.82) is 0 Å². The summed E-state index contributed by atoms with van der Waals surface area (Å²) in [5.74, 6) is 0.461. The minimum Gasteiger partial charge on any atom is -0.365 e. The molecular weight excluding hydrogens is 317 g/mol. The minimum atomic E-state index is -0.600. The number of hydrogen-bond acceptors (Lipinski definition) is 4. The molecule has 0 bridgehead atoms. The summed E-state index contributed by atoms with van der Waals surface area (Å²) in [5, 5.41) is 14.4. The number of benzene rings is 1. The molecule has 102 valence electrons. The third-order valence-electron chi connectivity index (χ3n) is 3.94. The number of nitrogens with zero attached hydrogens (tertiary/aromatic N) is 2. The number of fused-ring (bicyclic) bond motifs is 1. The van der Waals surface area contributed by atoms with Gasteiger partial charge in [-0.25, -0.2) is 4.39 Å². The Hall–Kier alpha value is -1.21. The largest absolute Gasteiger partial charge is 0.365 e. The molecule has 2 aliphatic rings. The van der Waals surface area contributed by atoms with Crippen molar-refractivity contribution in [3.8, 4) is 0 Å². The van der Waals surface area contributed by atoms with E-state index < -0.39 is 10.7 Å². The number of nitrogens with one attached hydrogen (secondary N) is 1. The van der Waals surface area contributed by atoms with Crippen LogP contribution in [0.1, 0.15) is 0 Å². The lowest BCUT2D eigenvalue weighted by Gasteiger charge is -2.20. The fraction of sp³-hybridized carbons (Fsp3) is 0.500. The lowest BCUT2D eigenvalue weighted by molar-refractivity contribution is -0.384. The van der Waals surface area contributed by atoms with Crippen LogP contribution in [0.25, 0.3) is 0 Å². The second-order valence-electron chi connectivity index (χ2n) is 5.10. The van der Waals surface area contributed by atoms with Crippen molar-refractivity contribution >= 4 is 27.3 Å². The van der Waals surface area contributed by atoms with Crippen molar-refractivity contribution < 1.29 is 9.31 Å². The molecular formula is C12H13BrFN3O2. The predicted octanol–water partition coefficient (Wildman–Crippen LogP) is 2.15. The normalized spacial score (nSPS) is 25.7. The molecule has 19 heavy (non-hydrogen) atoms. The van der Waals surface area contributed by atoms with Gasteiger partial charge in [-0.2, -0.15) is 0 Å². The first kappa shape index (κ1) is 12.8. The second kappa shape index (κ2) is 4.72. The van der Waals surface area contributed by atoms with E-state index in [9.17, 15) is 14.5 Å². The predicted molar refractivity (Wildman–Crippen MR) is 72.8 cm³/mol. The molecule has 0 spiro atoms. The molecule has 0 amide bonds. The summed E-state index contributed by atoms with van der Waals surface area (Å²) < 4.78 is 13.7. The molecule has 7 heteroatoms. The maximum atomic E-state index is 13.5. The molecule has 2 saturated heterocycles. The van der Waals surface area contributed by atoms with Gasteiger partial charge in [0.15, 0.2) is 0 Å². The molecule has 0 saturated carbocycles. The van der Waals surface area contributed by atoms with Gasteiger partial charge in [0.05, 0.1) is 15.5 Å².